The van der Waals surface area contributed by atoms with Crippen LogP contribution in [-0.2, 0) is 10.0 Å². The van der Waals surface area contributed by atoms with Gasteiger partial charge in [-0.1, -0.05) is 36.4 Å². The normalized spacial score (nSPS) is 11.2. The maximum absolute atomic E-state index is 12.6. The molecule has 0 spiro atoms. The van der Waals surface area contributed by atoms with Crippen LogP contribution in [0.2, 0.25) is 0 Å². The van der Waals surface area contributed by atoms with Crippen LogP contribution in [0.4, 0.5) is 11.4 Å². The minimum absolute atomic E-state index is 0.351. The zero-order valence-corrected chi connectivity index (χ0v) is 14.8. The Balaban J connectivity index is 1.93. The minimum atomic E-state index is -4.06. The van der Waals surface area contributed by atoms with E-state index < -0.39 is 20.6 Å². The first-order valence-electron chi connectivity index (χ1n) is 7.28. The summed E-state index contributed by atoms with van der Waals surface area (Å²) in [6, 6.07) is 15.3. The van der Waals surface area contributed by atoms with E-state index in [1.807, 2.05) is 30.3 Å². The summed E-state index contributed by atoms with van der Waals surface area (Å²) in [5, 5.41) is 12.8. The highest BCUT2D eigenvalue weighted by Crippen LogP contribution is 2.32. The number of rotatable bonds is 5. The number of sulfonamides is 1. The number of nitro benzene ring substituents is 1. The molecule has 128 valence electrons. The van der Waals surface area contributed by atoms with Gasteiger partial charge in [-0.15, -0.1) is 11.3 Å². The molecule has 1 N–H and O–H groups in total. The molecular formula is C17H14N2O4S2. The molecule has 8 heteroatoms. The number of thiophene rings is 1. The van der Waals surface area contributed by atoms with Gasteiger partial charge < -0.3 is 0 Å². The van der Waals surface area contributed by atoms with Crippen LogP contribution in [0.1, 0.15) is 5.56 Å². The zero-order valence-electron chi connectivity index (χ0n) is 13.2. The Kier molecular flexibility index (Phi) is 4.56. The van der Waals surface area contributed by atoms with E-state index in [0.717, 1.165) is 10.4 Å². The lowest BCUT2D eigenvalue weighted by Crippen LogP contribution is -2.14. The summed E-state index contributed by atoms with van der Waals surface area (Å²) in [6.45, 7) is 1.67. The van der Waals surface area contributed by atoms with Gasteiger partial charge in [-0.05, 0) is 30.2 Å². The average molecular weight is 374 g/mol. The fourth-order valence-corrected chi connectivity index (χ4v) is 4.47. The van der Waals surface area contributed by atoms with E-state index >= 15 is 0 Å². The maximum Gasteiger partial charge on any atom is 0.290 e. The van der Waals surface area contributed by atoms with Gasteiger partial charge >= 0.3 is 0 Å². The molecule has 3 aromatic rings. The molecule has 0 aliphatic heterocycles. The van der Waals surface area contributed by atoms with Crippen molar-refractivity contribution in [1.82, 2.24) is 0 Å². The van der Waals surface area contributed by atoms with Crippen molar-refractivity contribution in [2.45, 2.75) is 11.8 Å². The quantitative estimate of drug-likeness (QED) is 0.528. The number of aryl methyl sites for hydroxylation is 1. The van der Waals surface area contributed by atoms with Crippen LogP contribution >= 0.6 is 11.3 Å². The topological polar surface area (TPSA) is 89.3 Å². The molecule has 0 aliphatic carbocycles. The Hall–Kier alpha value is -2.71. The first-order chi connectivity index (χ1) is 11.9. The molecule has 0 unspecified atom stereocenters. The number of nitrogens with one attached hydrogen (secondary N) is 1. The predicted octanol–water partition coefficient (Wildman–Crippen LogP) is 4.43. The van der Waals surface area contributed by atoms with E-state index in [9.17, 15) is 18.5 Å². The number of nitrogens with zero attached hydrogens (tertiary/aromatic N) is 1. The van der Waals surface area contributed by atoms with Crippen LogP contribution in [0.3, 0.4) is 0 Å². The van der Waals surface area contributed by atoms with E-state index in [1.165, 1.54) is 29.5 Å². The van der Waals surface area contributed by atoms with Gasteiger partial charge in [0.05, 0.1) is 10.6 Å². The van der Waals surface area contributed by atoms with Crippen molar-refractivity contribution in [3.63, 3.8) is 0 Å². The van der Waals surface area contributed by atoms with E-state index in [1.54, 1.807) is 18.4 Å². The Morgan fingerprint density at radius 1 is 1.08 bits per heavy atom. The van der Waals surface area contributed by atoms with Crippen LogP contribution in [0, 0.1) is 17.0 Å². The maximum atomic E-state index is 12.6. The first kappa shape index (κ1) is 17.1. The van der Waals surface area contributed by atoms with Crippen molar-refractivity contribution in [1.29, 1.82) is 0 Å². The molecule has 1 aromatic heterocycles. The fourth-order valence-electron chi connectivity index (χ4n) is 2.35. The number of nitro groups is 1. The molecule has 0 bridgehead atoms. The Labute approximate surface area is 149 Å². The second-order valence-corrected chi connectivity index (χ2v) is 7.96. The van der Waals surface area contributed by atoms with Gasteiger partial charge in [-0.3, -0.25) is 14.8 Å². The minimum Gasteiger partial charge on any atom is -0.279 e. The summed E-state index contributed by atoms with van der Waals surface area (Å²) in [7, 11) is -4.06. The summed E-state index contributed by atoms with van der Waals surface area (Å²) < 4.78 is 27.6. The van der Waals surface area contributed by atoms with Crippen LogP contribution in [0.5, 0.6) is 0 Å². The second-order valence-electron chi connectivity index (χ2n) is 5.40. The average Bonchev–Trinajstić information content (AvgIpc) is 3.03. The number of hydrogen-bond donors (Lipinski definition) is 1. The summed E-state index contributed by atoms with van der Waals surface area (Å²) in [4.78, 5) is 11.0. The molecule has 25 heavy (non-hydrogen) atoms. The van der Waals surface area contributed by atoms with Crippen LogP contribution in [0.25, 0.3) is 10.4 Å². The van der Waals surface area contributed by atoms with Gasteiger partial charge in [0, 0.05) is 16.3 Å². The summed E-state index contributed by atoms with van der Waals surface area (Å²) in [5.74, 6) is 0. The van der Waals surface area contributed by atoms with Gasteiger partial charge in [0.15, 0.2) is 4.90 Å². The lowest BCUT2D eigenvalue weighted by molar-refractivity contribution is -0.387. The molecule has 0 atom stereocenters. The van der Waals surface area contributed by atoms with E-state index in [-0.39, 0.29) is 4.90 Å². The molecule has 3 rings (SSSR count). The van der Waals surface area contributed by atoms with Gasteiger partial charge in [-0.2, -0.15) is 0 Å². The third kappa shape index (κ3) is 3.70. The van der Waals surface area contributed by atoms with E-state index in [2.05, 4.69) is 4.72 Å². The fraction of sp³-hybridized carbons (Fsp3) is 0.0588. The van der Waals surface area contributed by atoms with Crippen molar-refractivity contribution < 1.29 is 13.3 Å². The molecule has 1 heterocycles. The molecule has 0 amide bonds. The van der Waals surface area contributed by atoms with Crippen molar-refractivity contribution >= 4 is 32.7 Å². The van der Waals surface area contributed by atoms with E-state index in [4.69, 9.17) is 0 Å². The molecule has 0 radical (unpaired) electrons. The number of hydrogen-bond acceptors (Lipinski definition) is 5. The molecule has 0 aliphatic rings. The predicted molar refractivity (Wildman–Crippen MR) is 98.4 cm³/mol. The van der Waals surface area contributed by atoms with Gasteiger partial charge in [0.1, 0.15) is 0 Å². The Morgan fingerprint density at radius 2 is 1.80 bits per heavy atom. The highest BCUT2D eigenvalue weighted by atomic mass is 32.2. The number of anilines is 1. The number of benzene rings is 2. The highest BCUT2D eigenvalue weighted by molar-refractivity contribution is 7.92. The summed E-state index contributed by atoms with van der Waals surface area (Å²) >= 11 is 1.39. The molecule has 0 fully saturated rings. The smallest absolute Gasteiger partial charge is 0.279 e. The molecule has 2 aromatic carbocycles. The van der Waals surface area contributed by atoms with Gasteiger partial charge in [0.25, 0.3) is 15.7 Å². The lowest BCUT2D eigenvalue weighted by Gasteiger charge is -2.07. The SMILES string of the molecule is Cc1ccc(S(=O)(=O)Nc2csc(-c3ccccc3)c2)c([N+](=O)[O-])c1. The van der Waals surface area contributed by atoms with Crippen LogP contribution in [0.15, 0.2) is 64.9 Å². The summed E-state index contributed by atoms with van der Waals surface area (Å²) in [5.41, 5.74) is 1.52. The van der Waals surface area contributed by atoms with Crippen molar-refractivity contribution in [3.8, 4) is 10.4 Å². The first-order valence-corrected chi connectivity index (χ1v) is 9.65. The zero-order chi connectivity index (χ0) is 18.0. The molecule has 0 saturated heterocycles. The molecule has 6 nitrogen and oxygen atoms in total. The van der Waals surface area contributed by atoms with Gasteiger partial charge in [0.2, 0.25) is 0 Å². The highest BCUT2D eigenvalue weighted by Gasteiger charge is 2.26. The second kappa shape index (κ2) is 6.66. The third-order valence-corrected chi connectivity index (χ3v) is 5.92. The standard InChI is InChI=1S/C17H14N2O4S2/c1-12-7-8-17(15(9-12)19(20)21)25(22,23)18-14-10-16(24-11-14)13-5-3-2-4-6-13/h2-11,18H,1H3. The summed E-state index contributed by atoms with van der Waals surface area (Å²) in [6.07, 6.45) is 0. The van der Waals surface area contributed by atoms with Crippen molar-refractivity contribution in [3.05, 3.63) is 75.7 Å². The van der Waals surface area contributed by atoms with Gasteiger partial charge in [-0.25, -0.2) is 8.42 Å². The Bertz CT molecular complexity index is 1030. The lowest BCUT2D eigenvalue weighted by atomic mass is 10.2. The molecule has 0 saturated carbocycles. The third-order valence-electron chi connectivity index (χ3n) is 3.51. The van der Waals surface area contributed by atoms with E-state index in [0.29, 0.717) is 11.3 Å². The monoisotopic (exact) mass is 374 g/mol. The largest absolute Gasteiger partial charge is 0.290 e. The molecular weight excluding hydrogens is 360 g/mol. The van der Waals surface area contributed by atoms with Crippen molar-refractivity contribution in [2.24, 2.45) is 0 Å². The Morgan fingerprint density at radius 3 is 2.48 bits per heavy atom. The van der Waals surface area contributed by atoms with Crippen molar-refractivity contribution in [2.75, 3.05) is 4.72 Å². The van der Waals surface area contributed by atoms with Crippen LogP contribution in [-0.4, -0.2) is 13.3 Å². The van der Waals surface area contributed by atoms with Crippen LogP contribution < -0.4 is 4.72 Å².